The number of hydrogen-bond donors (Lipinski definition) is 2. The van der Waals surface area contributed by atoms with Crippen LogP contribution in [0.1, 0.15) is 71.6 Å². The minimum atomic E-state index is -1.22. The van der Waals surface area contributed by atoms with Gasteiger partial charge in [0.05, 0.1) is 0 Å². The molecule has 1 rings (SSSR count). The van der Waals surface area contributed by atoms with E-state index < -0.39 is 5.97 Å². The van der Waals surface area contributed by atoms with Gasteiger partial charge in [0, 0.05) is 11.1 Å². The van der Waals surface area contributed by atoms with Crippen LogP contribution in [0.4, 0.5) is 0 Å². The van der Waals surface area contributed by atoms with Crippen molar-refractivity contribution < 1.29 is 15.0 Å². The quantitative estimate of drug-likeness (QED) is 0.619. The van der Waals surface area contributed by atoms with Gasteiger partial charge in [0.2, 0.25) is 0 Å². The number of carboxylic acids is 1. The molecule has 0 aliphatic heterocycles. The van der Waals surface area contributed by atoms with E-state index in [-0.39, 0.29) is 22.2 Å². The first-order valence-corrected chi connectivity index (χ1v) is 8.09. The summed E-state index contributed by atoms with van der Waals surface area (Å²) in [6.45, 7) is 13.8. The summed E-state index contributed by atoms with van der Waals surface area (Å²) in [5, 5.41) is 29.3. The molecule has 0 spiro atoms. The van der Waals surface area contributed by atoms with Crippen molar-refractivity contribution in [2.45, 2.75) is 65.7 Å². The van der Waals surface area contributed by atoms with Gasteiger partial charge in [-0.25, -0.2) is 4.79 Å². The number of carbonyl (C=O) groups is 1. The van der Waals surface area contributed by atoms with Crippen LogP contribution in [0.15, 0.2) is 17.7 Å². The van der Waals surface area contributed by atoms with E-state index >= 15 is 0 Å². The van der Waals surface area contributed by atoms with E-state index in [1.807, 2.05) is 60.6 Å². The Labute approximate surface area is 144 Å². The van der Waals surface area contributed by atoms with Gasteiger partial charge in [-0.15, -0.1) is 0 Å². The van der Waals surface area contributed by atoms with Crippen molar-refractivity contribution in [3.63, 3.8) is 0 Å². The number of nitriles is 1. The summed E-state index contributed by atoms with van der Waals surface area (Å²) in [5.74, 6) is -0.986. The summed E-state index contributed by atoms with van der Waals surface area (Å²) >= 11 is 0. The molecule has 0 saturated heterocycles. The van der Waals surface area contributed by atoms with Gasteiger partial charge < -0.3 is 10.2 Å². The van der Waals surface area contributed by atoms with Crippen molar-refractivity contribution in [1.82, 2.24) is 0 Å². The first-order chi connectivity index (χ1) is 10.8. The number of allylic oxidation sites excluding steroid dienone is 1. The summed E-state index contributed by atoms with van der Waals surface area (Å²) in [6.07, 6.45) is 0.424. The lowest BCUT2D eigenvalue weighted by molar-refractivity contribution is -0.132. The second kappa shape index (κ2) is 6.68. The van der Waals surface area contributed by atoms with Gasteiger partial charge in [0.25, 0.3) is 0 Å². The van der Waals surface area contributed by atoms with Crippen LogP contribution in [0.2, 0.25) is 0 Å². The van der Waals surface area contributed by atoms with Gasteiger partial charge in [-0.2, -0.15) is 5.26 Å². The standard InChI is InChI=1S/C20H27NO3/c1-8-13(14(11-21)18(23)24)12-9-15(19(2,3)4)17(22)16(10-12)20(5,6)7/h9-10,22H,8H2,1-7H3,(H,23,24). The van der Waals surface area contributed by atoms with Gasteiger partial charge in [-0.1, -0.05) is 48.5 Å². The molecule has 0 heterocycles. The molecule has 0 aliphatic rings. The Kier molecular flexibility index (Phi) is 5.50. The first kappa shape index (κ1) is 19.8. The van der Waals surface area contributed by atoms with Gasteiger partial charge in [-0.3, -0.25) is 0 Å². The summed E-state index contributed by atoms with van der Waals surface area (Å²) in [4.78, 5) is 11.4. The van der Waals surface area contributed by atoms with Crippen molar-refractivity contribution in [3.8, 4) is 11.8 Å². The highest BCUT2D eigenvalue weighted by atomic mass is 16.4. The normalized spacial score (nSPS) is 13.2. The van der Waals surface area contributed by atoms with Crippen LogP contribution in [0.5, 0.6) is 5.75 Å². The topological polar surface area (TPSA) is 81.3 Å². The summed E-state index contributed by atoms with van der Waals surface area (Å²) in [7, 11) is 0. The number of nitrogens with zero attached hydrogens (tertiary/aromatic N) is 1. The van der Waals surface area contributed by atoms with E-state index in [9.17, 15) is 20.3 Å². The van der Waals surface area contributed by atoms with Crippen LogP contribution in [-0.2, 0) is 15.6 Å². The summed E-state index contributed by atoms with van der Waals surface area (Å²) < 4.78 is 0. The highest BCUT2D eigenvalue weighted by Crippen LogP contribution is 2.41. The van der Waals surface area contributed by atoms with Crippen molar-refractivity contribution in [2.75, 3.05) is 0 Å². The van der Waals surface area contributed by atoms with Gasteiger partial charge >= 0.3 is 5.97 Å². The summed E-state index contributed by atoms with van der Waals surface area (Å²) in [5.41, 5.74) is 1.80. The zero-order chi connectivity index (χ0) is 18.9. The third-order valence-electron chi connectivity index (χ3n) is 4.06. The molecule has 130 valence electrons. The van der Waals surface area contributed by atoms with Gasteiger partial charge in [0.1, 0.15) is 17.4 Å². The number of phenols is 1. The van der Waals surface area contributed by atoms with Crippen LogP contribution in [0.25, 0.3) is 5.57 Å². The van der Waals surface area contributed by atoms with Crippen LogP contribution in [0, 0.1) is 11.3 Å². The Morgan fingerprint density at radius 1 is 1.08 bits per heavy atom. The van der Waals surface area contributed by atoms with Crippen molar-refractivity contribution >= 4 is 11.5 Å². The van der Waals surface area contributed by atoms with Crippen LogP contribution >= 0.6 is 0 Å². The highest BCUT2D eigenvalue weighted by Gasteiger charge is 2.28. The largest absolute Gasteiger partial charge is 0.507 e. The lowest BCUT2D eigenvalue weighted by Crippen LogP contribution is -2.18. The van der Waals surface area contributed by atoms with Gasteiger partial charge in [-0.05, 0) is 40.5 Å². The second-order valence-electron chi connectivity index (χ2n) is 8.04. The second-order valence-corrected chi connectivity index (χ2v) is 8.04. The number of aromatic hydroxyl groups is 1. The van der Waals surface area contributed by atoms with Crippen molar-refractivity contribution in [1.29, 1.82) is 5.26 Å². The minimum Gasteiger partial charge on any atom is -0.507 e. The molecule has 0 saturated carbocycles. The maximum atomic E-state index is 11.4. The molecule has 1 aromatic carbocycles. The zero-order valence-electron chi connectivity index (χ0n) is 15.6. The van der Waals surface area contributed by atoms with E-state index in [4.69, 9.17) is 0 Å². The van der Waals surface area contributed by atoms with Crippen LogP contribution in [-0.4, -0.2) is 16.2 Å². The Morgan fingerprint density at radius 3 is 1.75 bits per heavy atom. The maximum Gasteiger partial charge on any atom is 0.346 e. The average molecular weight is 329 g/mol. The molecule has 1 aromatic rings. The molecule has 0 aromatic heterocycles. The number of hydrogen-bond acceptors (Lipinski definition) is 3. The fourth-order valence-electron chi connectivity index (χ4n) is 2.72. The Morgan fingerprint density at radius 2 is 1.50 bits per heavy atom. The first-order valence-electron chi connectivity index (χ1n) is 8.09. The smallest absolute Gasteiger partial charge is 0.346 e. The number of phenolic OH excluding ortho intramolecular Hbond substituents is 1. The average Bonchev–Trinajstić information content (AvgIpc) is 2.42. The number of benzene rings is 1. The molecule has 2 N–H and O–H groups in total. The Balaban J connectivity index is 3.92. The molecule has 0 aliphatic carbocycles. The minimum absolute atomic E-state index is 0.239. The van der Waals surface area contributed by atoms with E-state index in [0.29, 0.717) is 17.6 Å². The lowest BCUT2D eigenvalue weighted by atomic mass is 9.77. The fourth-order valence-corrected chi connectivity index (χ4v) is 2.72. The molecule has 0 radical (unpaired) electrons. The Hall–Kier alpha value is -2.28. The van der Waals surface area contributed by atoms with E-state index in [0.717, 1.165) is 11.1 Å². The zero-order valence-corrected chi connectivity index (χ0v) is 15.6. The Bertz CT molecular complexity index is 688. The van der Waals surface area contributed by atoms with Gasteiger partial charge in [0.15, 0.2) is 0 Å². The van der Waals surface area contributed by atoms with Crippen LogP contribution in [0.3, 0.4) is 0 Å². The molecule has 4 nitrogen and oxygen atoms in total. The van der Waals surface area contributed by atoms with E-state index in [1.54, 1.807) is 6.07 Å². The third kappa shape index (κ3) is 3.97. The predicted octanol–water partition coefficient (Wildman–Crippen LogP) is 4.76. The molecular weight excluding hydrogens is 302 g/mol. The lowest BCUT2D eigenvalue weighted by Gasteiger charge is -2.28. The summed E-state index contributed by atoms with van der Waals surface area (Å²) in [6, 6.07) is 5.42. The third-order valence-corrected chi connectivity index (χ3v) is 4.06. The monoisotopic (exact) mass is 329 g/mol. The van der Waals surface area contributed by atoms with E-state index in [2.05, 4.69) is 0 Å². The van der Waals surface area contributed by atoms with Crippen LogP contribution < -0.4 is 0 Å². The maximum absolute atomic E-state index is 11.4. The van der Waals surface area contributed by atoms with Crippen molar-refractivity contribution in [2.24, 2.45) is 0 Å². The molecule has 0 atom stereocenters. The number of carboxylic acid groups (broad SMARTS) is 1. The predicted molar refractivity (Wildman–Crippen MR) is 96.0 cm³/mol. The molecule has 0 fully saturated rings. The van der Waals surface area contributed by atoms with Crippen molar-refractivity contribution in [3.05, 3.63) is 34.4 Å². The molecule has 4 heteroatoms. The fraction of sp³-hybridized carbons (Fsp3) is 0.500. The molecule has 0 unspecified atom stereocenters. The number of rotatable bonds is 3. The molecule has 0 amide bonds. The number of aliphatic carboxylic acids is 1. The molecule has 24 heavy (non-hydrogen) atoms. The molecular formula is C20H27NO3. The SMILES string of the molecule is CCC(=C(C#N)C(=O)O)c1cc(C(C)(C)C)c(O)c(C(C)(C)C)c1. The van der Waals surface area contributed by atoms with E-state index in [1.165, 1.54) is 0 Å². The molecule has 0 bridgehead atoms. The highest BCUT2D eigenvalue weighted by molar-refractivity contribution is 6.00.